The van der Waals surface area contributed by atoms with E-state index >= 15 is 0 Å². The van der Waals surface area contributed by atoms with Crippen molar-refractivity contribution in [3.8, 4) is 0 Å². The van der Waals surface area contributed by atoms with Crippen molar-refractivity contribution in [2.75, 3.05) is 13.2 Å². The molecule has 1 aliphatic heterocycles. The first-order chi connectivity index (χ1) is 10.2. The first-order valence-electron chi connectivity index (χ1n) is 7.42. The Kier molecular flexibility index (Phi) is 4.32. The predicted molar refractivity (Wildman–Crippen MR) is 81.7 cm³/mol. The third-order valence-electron chi connectivity index (χ3n) is 4.07. The zero-order valence-corrected chi connectivity index (χ0v) is 12.2. The molecule has 3 rings (SSSR count). The molecular formula is C18H20FNO. The highest BCUT2D eigenvalue weighted by Crippen LogP contribution is 2.27. The third-order valence-corrected chi connectivity index (χ3v) is 4.07. The SMILES string of the molecule is C[C@@H](NCC1OCCc2ccccc21)c1ccc(F)cc1. The van der Waals surface area contributed by atoms with E-state index in [2.05, 4.69) is 36.5 Å². The van der Waals surface area contributed by atoms with Gasteiger partial charge in [0.2, 0.25) is 0 Å². The Morgan fingerprint density at radius 3 is 2.76 bits per heavy atom. The van der Waals surface area contributed by atoms with Gasteiger partial charge in [0.25, 0.3) is 0 Å². The average Bonchev–Trinajstić information content (AvgIpc) is 2.53. The lowest BCUT2D eigenvalue weighted by molar-refractivity contribution is 0.0410. The van der Waals surface area contributed by atoms with Crippen LogP contribution in [0.15, 0.2) is 48.5 Å². The summed E-state index contributed by atoms with van der Waals surface area (Å²) < 4.78 is 18.8. The van der Waals surface area contributed by atoms with Crippen molar-refractivity contribution in [1.29, 1.82) is 0 Å². The summed E-state index contributed by atoms with van der Waals surface area (Å²) >= 11 is 0. The maximum absolute atomic E-state index is 13.0. The van der Waals surface area contributed by atoms with Crippen molar-refractivity contribution in [1.82, 2.24) is 5.32 Å². The zero-order chi connectivity index (χ0) is 14.7. The Morgan fingerprint density at radius 1 is 1.19 bits per heavy atom. The normalized spacial score (nSPS) is 19.0. The van der Waals surface area contributed by atoms with E-state index in [-0.39, 0.29) is 18.0 Å². The largest absolute Gasteiger partial charge is 0.372 e. The van der Waals surface area contributed by atoms with Gasteiger partial charge in [-0.3, -0.25) is 0 Å². The number of benzene rings is 2. The summed E-state index contributed by atoms with van der Waals surface area (Å²) in [5.41, 5.74) is 3.74. The van der Waals surface area contributed by atoms with Crippen molar-refractivity contribution in [3.05, 3.63) is 71.0 Å². The zero-order valence-electron chi connectivity index (χ0n) is 12.2. The Morgan fingerprint density at radius 2 is 1.95 bits per heavy atom. The Balaban J connectivity index is 1.64. The van der Waals surface area contributed by atoms with E-state index < -0.39 is 0 Å². The molecule has 0 saturated carbocycles. The lowest BCUT2D eigenvalue weighted by atomic mass is 9.97. The lowest BCUT2D eigenvalue weighted by Gasteiger charge is -2.27. The van der Waals surface area contributed by atoms with Gasteiger partial charge < -0.3 is 10.1 Å². The molecule has 0 fully saturated rings. The van der Waals surface area contributed by atoms with Crippen LogP contribution in [0.2, 0.25) is 0 Å². The molecule has 0 spiro atoms. The highest BCUT2D eigenvalue weighted by Gasteiger charge is 2.20. The van der Waals surface area contributed by atoms with Crippen molar-refractivity contribution in [2.24, 2.45) is 0 Å². The summed E-state index contributed by atoms with van der Waals surface area (Å²) in [5, 5.41) is 3.48. The van der Waals surface area contributed by atoms with Gasteiger partial charge in [-0.1, -0.05) is 36.4 Å². The number of hydrogen-bond donors (Lipinski definition) is 1. The molecule has 2 aromatic carbocycles. The van der Waals surface area contributed by atoms with Gasteiger partial charge in [-0.15, -0.1) is 0 Å². The van der Waals surface area contributed by atoms with Crippen LogP contribution in [-0.2, 0) is 11.2 Å². The number of nitrogens with one attached hydrogen (secondary N) is 1. The fourth-order valence-corrected chi connectivity index (χ4v) is 2.80. The molecule has 0 bridgehead atoms. The van der Waals surface area contributed by atoms with E-state index in [9.17, 15) is 4.39 Å². The molecule has 3 heteroatoms. The van der Waals surface area contributed by atoms with Crippen LogP contribution in [-0.4, -0.2) is 13.2 Å². The van der Waals surface area contributed by atoms with E-state index in [1.807, 2.05) is 12.1 Å². The number of hydrogen-bond acceptors (Lipinski definition) is 2. The smallest absolute Gasteiger partial charge is 0.123 e. The summed E-state index contributed by atoms with van der Waals surface area (Å²) in [7, 11) is 0. The Labute approximate surface area is 125 Å². The van der Waals surface area contributed by atoms with Crippen molar-refractivity contribution in [3.63, 3.8) is 0 Å². The van der Waals surface area contributed by atoms with E-state index in [0.29, 0.717) is 0 Å². The first kappa shape index (κ1) is 14.2. The van der Waals surface area contributed by atoms with Crippen LogP contribution >= 0.6 is 0 Å². The number of fused-ring (bicyclic) bond motifs is 1. The Bertz CT molecular complexity index is 596. The molecule has 0 saturated heterocycles. The minimum Gasteiger partial charge on any atom is -0.372 e. The van der Waals surface area contributed by atoms with Crippen LogP contribution in [0, 0.1) is 5.82 Å². The summed E-state index contributed by atoms with van der Waals surface area (Å²) in [4.78, 5) is 0. The summed E-state index contributed by atoms with van der Waals surface area (Å²) in [5.74, 6) is -0.199. The van der Waals surface area contributed by atoms with Gasteiger partial charge in [-0.05, 0) is 42.2 Å². The predicted octanol–water partition coefficient (Wildman–Crippen LogP) is 3.79. The topological polar surface area (TPSA) is 21.3 Å². The number of rotatable bonds is 4. The highest BCUT2D eigenvalue weighted by molar-refractivity contribution is 5.31. The van der Waals surface area contributed by atoms with Crippen LogP contribution in [0.3, 0.4) is 0 Å². The summed E-state index contributed by atoms with van der Waals surface area (Å²) in [6, 6.07) is 15.3. The van der Waals surface area contributed by atoms with E-state index in [1.54, 1.807) is 0 Å². The molecule has 110 valence electrons. The minimum absolute atomic E-state index is 0.0952. The maximum atomic E-state index is 13.0. The van der Waals surface area contributed by atoms with Gasteiger partial charge in [0.05, 0.1) is 12.7 Å². The second-order valence-corrected chi connectivity index (χ2v) is 5.49. The lowest BCUT2D eigenvalue weighted by Crippen LogP contribution is -2.29. The molecule has 0 aromatic heterocycles. The first-order valence-corrected chi connectivity index (χ1v) is 7.42. The standard InChI is InChI=1S/C18H20FNO/c1-13(14-6-8-16(19)9-7-14)20-12-18-17-5-3-2-4-15(17)10-11-21-18/h2-9,13,18,20H,10-12H2,1H3/t13-,18?/m1/s1. The van der Waals surface area contributed by atoms with Gasteiger partial charge in [0.15, 0.2) is 0 Å². The molecule has 2 aromatic rings. The monoisotopic (exact) mass is 285 g/mol. The minimum atomic E-state index is -0.199. The molecule has 1 unspecified atom stereocenters. The summed E-state index contributed by atoms with van der Waals surface area (Å²) in [6.07, 6.45) is 1.08. The molecular weight excluding hydrogens is 265 g/mol. The van der Waals surface area contributed by atoms with Crippen molar-refractivity contribution >= 4 is 0 Å². The average molecular weight is 285 g/mol. The van der Waals surface area contributed by atoms with Gasteiger partial charge >= 0.3 is 0 Å². The van der Waals surface area contributed by atoms with Crippen LogP contribution in [0.25, 0.3) is 0 Å². The molecule has 1 aliphatic rings. The van der Waals surface area contributed by atoms with Crippen LogP contribution in [0.1, 0.15) is 35.8 Å². The molecule has 1 N–H and O–H groups in total. The van der Waals surface area contributed by atoms with E-state index in [0.717, 1.165) is 25.1 Å². The molecule has 0 aliphatic carbocycles. The van der Waals surface area contributed by atoms with E-state index in [1.165, 1.54) is 23.3 Å². The molecule has 0 radical (unpaired) electrons. The molecule has 2 nitrogen and oxygen atoms in total. The molecule has 2 atom stereocenters. The fraction of sp³-hybridized carbons (Fsp3) is 0.333. The van der Waals surface area contributed by atoms with Gasteiger partial charge in [-0.2, -0.15) is 0 Å². The van der Waals surface area contributed by atoms with Gasteiger partial charge in [0, 0.05) is 12.6 Å². The van der Waals surface area contributed by atoms with E-state index in [4.69, 9.17) is 4.74 Å². The molecule has 0 amide bonds. The van der Waals surface area contributed by atoms with Crippen molar-refractivity contribution < 1.29 is 9.13 Å². The molecule has 1 heterocycles. The quantitative estimate of drug-likeness (QED) is 0.923. The van der Waals surface area contributed by atoms with Crippen LogP contribution < -0.4 is 5.32 Å². The number of ether oxygens (including phenoxy) is 1. The van der Waals surface area contributed by atoms with Gasteiger partial charge in [0.1, 0.15) is 5.82 Å². The fourth-order valence-electron chi connectivity index (χ4n) is 2.80. The summed E-state index contributed by atoms with van der Waals surface area (Å²) in [6.45, 7) is 3.62. The van der Waals surface area contributed by atoms with Gasteiger partial charge in [-0.25, -0.2) is 4.39 Å². The van der Waals surface area contributed by atoms with Crippen LogP contribution in [0.5, 0.6) is 0 Å². The van der Waals surface area contributed by atoms with Crippen LogP contribution in [0.4, 0.5) is 4.39 Å². The second-order valence-electron chi connectivity index (χ2n) is 5.49. The second kappa shape index (κ2) is 6.37. The number of halogens is 1. The molecule has 21 heavy (non-hydrogen) atoms. The third kappa shape index (κ3) is 3.31. The highest BCUT2D eigenvalue weighted by atomic mass is 19.1. The van der Waals surface area contributed by atoms with Crippen molar-refractivity contribution in [2.45, 2.75) is 25.5 Å². The maximum Gasteiger partial charge on any atom is 0.123 e. The Hall–Kier alpha value is -1.71.